The predicted octanol–water partition coefficient (Wildman–Crippen LogP) is 2.88. The molecule has 0 saturated carbocycles. The summed E-state index contributed by atoms with van der Waals surface area (Å²) in [7, 11) is 0. The second-order valence-electron chi connectivity index (χ2n) is 5.11. The fourth-order valence-corrected chi connectivity index (χ4v) is 2.68. The number of aromatic nitrogens is 2. The highest BCUT2D eigenvalue weighted by atomic mass is 16.6. The molecule has 5 heteroatoms. The van der Waals surface area contributed by atoms with Crippen molar-refractivity contribution in [3.8, 4) is 22.8 Å². The van der Waals surface area contributed by atoms with E-state index in [0.29, 0.717) is 13.2 Å². The lowest BCUT2D eigenvalue weighted by Crippen LogP contribution is -2.15. The van der Waals surface area contributed by atoms with E-state index >= 15 is 0 Å². The lowest BCUT2D eigenvalue weighted by atomic mass is 10.1. The molecule has 21 heavy (non-hydrogen) atoms. The Labute approximate surface area is 124 Å². The van der Waals surface area contributed by atoms with Gasteiger partial charge in [0.05, 0.1) is 0 Å². The van der Waals surface area contributed by atoms with Gasteiger partial charge in [0.15, 0.2) is 11.5 Å². The van der Waals surface area contributed by atoms with Gasteiger partial charge in [-0.3, -0.25) is 0 Å². The maximum absolute atomic E-state index is 6.28. The minimum absolute atomic E-state index is 0.580. The number of nitrogens with two attached hydrogens (primary N) is 1. The summed E-state index contributed by atoms with van der Waals surface area (Å²) in [4.78, 5) is 4.73. The van der Waals surface area contributed by atoms with Crippen molar-refractivity contribution in [3.63, 3.8) is 0 Å². The van der Waals surface area contributed by atoms with Crippen molar-refractivity contribution in [2.45, 2.75) is 33.2 Å². The summed E-state index contributed by atoms with van der Waals surface area (Å²) in [6, 6.07) is 5.87. The fourth-order valence-electron chi connectivity index (χ4n) is 2.68. The SMILES string of the molecule is CCCc1nc(-c2ccc3c(c2)OCCO3)c(N)n1CC. The van der Waals surface area contributed by atoms with Crippen LogP contribution < -0.4 is 15.2 Å². The molecule has 0 bridgehead atoms. The van der Waals surface area contributed by atoms with Crippen LogP contribution in [0.3, 0.4) is 0 Å². The number of nitrogens with zero attached hydrogens (tertiary/aromatic N) is 2. The molecule has 0 aliphatic carbocycles. The van der Waals surface area contributed by atoms with Gasteiger partial charge in [0.2, 0.25) is 0 Å². The first-order valence-electron chi connectivity index (χ1n) is 7.49. The molecule has 3 rings (SSSR count). The number of rotatable bonds is 4. The van der Waals surface area contributed by atoms with E-state index in [9.17, 15) is 0 Å². The Balaban J connectivity index is 2.03. The monoisotopic (exact) mass is 287 g/mol. The summed E-state index contributed by atoms with van der Waals surface area (Å²) in [5.74, 6) is 3.31. The van der Waals surface area contributed by atoms with Crippen molar-refractivity contribution in [2.24, 2.45) is 0 Å². The average Bonchev–Trinajstić information content (AvgIpc) is 2.83. The zero-order valence-corrected chi connectivity index (χ0v) is 12.6. The molecular formula is C16H21N3O2. The number of hydrogen-bond acceptors (Lipinski definition) is 4. The van der Waals surface area contributed by atoms with Crippen molar-refractivity contribution >= 4 is 5.82 Å². The van der Waals surface area contributed by atoms with Crippen molar-refractivity contribution < 1.29 is 9.47 Å². The topological polar surface area (TPSA) is 62.3 Å². The third-order valence-corrected chi connectivity index (χ3v) is 3.69. The van der Waals surface area contributed by atoms with Crippen LogP contribution in [-0.4, -0.2) is 22.8 Å². The molecule has 0 radical (unpaired) electrons. The Morgan fingerprint density at radius 1 is 1.19 bits per heavy atom. The molecular weight excluding hydrogens is 266 g/mol. The molecule has 2 aromatic rings. The number of imidazole rings is 1. The average molecular weight is 287 g/mol. The lowest BCUT2D eigenvalue weighted by Gasteiger charge is -2.18. The van der Waals surface area contributed by atoms with Crippen LogP contribution in [0.1, 0.15) is 26.1 Å². The summed E-state index contributed by atoms with van der Waals surface area (Å²) in [5.41, 5.74) is 8.09. The van der Waals surface area contributed by atoms with E-state index < -0.39 is 0 Å². The molecule has 1 aromatic carbocycles. The standard InChI is InChI=1S/C16H21N3O2/c1-3-5-14-18-15(16(17)19(14)4-2)11-6-7-12-13(10-11)21-9-8-20-12/h6-7,10H,3-5,8-9,17H2,1-2H3. The van der Waals surface area contributed by atoms with E-state index in [0.717, 1.165) is 53.8 Å². The summed E-state index contributed by atoms with van der Waals surface area (Å²) in [6.45, 7) is 6.24. The summed E-state index contributed by atoms with van der Waals surface area (Å²) in [6.07, 6.45) is 1.99. The number of nitrogen functional groups attached to an aromatic ring is 1. The van der Waals surface area contributed by atoms with Crippen LogP contribution >= 0.6 is 0 Å². The fraction of sp³-hybridized carbons (Fsp3) is 0.438. The Kier molecular flexibility index (Phi) is 3.73. The highest BCUT2D eigenvalue weighted by molar-refractivity contribution is 5.73. The molecule has 2 N–H and O–H groups in total. The Bertz CT molecular complexity index is 649. The third-order valence-electron chi connectivity index (χ3n) is 3.69. The second-order valence-corrected chi connectivity index (χ2v) is 5.11. The van der Waals surface area contributed by atoms with Gasteiger partial charge in [-0.2, -0.15) is 0 Å². The van der Waals surface area contributed by atoms with Crippen LogP contribution in [0.5, 0.6) is 11.5 Å². The van der Waals surface area contributed by atoms with E-state index in [1.165, 1.54) is 0 Å². The van der Waals surface area contributed by atoms with E-state index in [1.807, 2.05) is 18.2 Å². The highest BCUT2D eigenvalue weighted by Gasteiger charge is 2.18. The quantitative estimate of drug-likeness (QED) is 0.939. The van der Waals surface area contributed by atoms with Gasteiger partial charge in [-0.15, -0.1) is 0 Å². The Morgan fingerprint density at radius 2 is 1.95 bits per heavy atom. The Morgan fingerprint density at radius 3 is 2.67 bits per heavy atom. The molecule has 0 saturated heterocycles. The van der Waals surface area contributed by atoms with E-state index in [4.69, 9.17) is 20.2 Å². The minimum atomic E-state index is 0.580. The molecule has 1 aliphatic rings. The number of benzene rings is 1. The molecule has 2 heterocycles. The first kappa shape index (κ1) is 13.8. The van der Waals surface area contributed by atoms with Gasteiger partial charge in [-0.1, -0.05) is 6.92 Å². The van der Waals surface area contributed by atoms with Gasteiger partial charge < -0.3 is 19.8 Å². The number of aryl methyl sites for hydroxylation is 1. The van der Waals surface area contributed by atoms with Gasteiger partial charge in [0.1, 0.15) is 30.5 Å². The number of ether oxygens (including phenoxy) is 2. The molecule has 0 atom stereocenters. The summed E-state index contributed by atoms with van der Waals surface area (Å²) in [5, 5.41) is 0. The van der Waals surface area contributed by atoms with Crippen LogP contribution in [0, 0.1) is 0 Å². The van der Waals surface area contributed by atoms with Gasteiger partial charge in [0, 0.05) is 18.5 Å². The first-order chi connectivity index (χ1) is 10.2. The van der Waals surface area contributed by atoms with Crippen LogP contribution in [0.25, 0.3) is 11.3 Å². The molecule has 5 nitrogen and oxygen atoms in total. The van der Waals surface area contributed by atoms with Crippen molar-refractivity contribution in [2.75, 3.05) is 18.9 Å². The number of hydrogen-bond donors (Lipinski definition) is 1. The van der Waals surface area contributed by atoms with Gasteiger partial charge in [-0.05, 0) is 31.5 Å². The molecule has 0 fully saturated rings. The second kappa shape index (κ2) is 5.68. The first-order valence-corrected chi connectivity index (χ1v) is 7.49. The van der Waals surface area contributed by atoms with Crippen LogP contribution in [0.15, 0.2) is 18.2 Å². The zero-order valence-electron chi connectivity index (χ0n) is 12.6. The molecule has 0 amide bonds. The molecule has 0 spiro atoms. The van der Waals surface area contributed by atoms with E-state index in [1.54, 1.807) is 0 Å². The molecule has 1 aromatic heterocycles. The van der Waals surface area contributed by atoms with Gasteiger partial charge in [-0.25, -0.2) is 4.98 Å². The number of fused-ring (bicyclic) bond motifs is 1. The van der Waals surface area contributed by atoms with Crippen molar-refractivity contribution in [1.29, 1.82) is 0 Å². The zero-order chi connectivity index (χ0) is 14.8. The van der Waals surface area contributed by atoms with E-state index in [2.05, 4.69) is 18.4 Å². The summed E-state index contributed by atoms with van der Waals surface area (Å²) >= 11 is 0. The van der Waals surface area contributed by atoms with Gasteiger partial charge >= 0.3 is 0 Å². The molecule has 0 unspecified atom stereocenters. The van der Waals surface area contributed by atoms with E-state index in [-0.39, 0.29) is 0 Å². The van der Waals surface area contributed by atoms with Crippen LogP contribution in [-0.2, 0) is 13.0 Å². The lowest BCUT2D eigenvalue weighted by molar-refractivity contribution is 0.171. The normalized spacial score (nSPS) is 13.4. The number of anilines is 1. The predicted molar refractivity (Wildman–Crippen MR) is 82.7 cm³/mol. The molecule has 1 aliphatic heterocycles. The third kappa shape index (κ3) is 2.44. The van der Waals surface area contributed by atoms with Crippen molar-refractivity contribution in [3.05, 3.63) is 24.0 Å². The van der Waals surface area contributed by atoms with Crippen molar-refractivity contribution in [1.82, 2.24) is 9.55 Å². The summed E-state index contributed by atoms with van der Waals surface area (Å²) < 4.78 is 13.3. The Hall–Kier alpha value is -2.17. The maximum atomic E-state index is 6.28. The smallest absolute Gasteiger partial charge is 0.162 e. The largest absolute Gasteiger partial charge is 0.486 e. The van der Waals surface area contributed by atoms with Crippen LogP contribution in [0.2, 0.25) is 0 Å². The maximum Gasteiger partial charge on any atom is 0.162 e. The molecule has 112 valence electrons. The van der Waals surface area contributed by atoms with Gasteiger partial charge in [0.25, 0.3) is 0 Å². The highest BCUT2D eigenvalue weighted by Crippen LogP contribution is 2.36. The van der Waals surface area contributed by atoms with Crippen LogP contribution in [0.4, 0.5) is 5.82 Å². The minimum Gasteiger partial charge on any atom is -0.486 e.